The van der Waals surface area contributed by atoms with Crippen LogP contribution in [0.1, 0.15) is 18.4 Å². The number of piperidine rings is 1. The van der Waals surface area contributed by atoms with E-state index in [1.165, 1.54) is 6.20 Å². The fourth-order valence-electron chi connectivity index (χ4n) is 2.97. The van der Waals surface area contributed by atoms with Crippen LogP contribution in [-0.4, -0.2) is 29.6 Å². The van der Waals surface area contributed by atoms with Crippen LogP contribution in [0.25, 0.3) is 0 Å². The van der Waals surface area contributed by atoms with E-state index in [-0.39, 0.29) is 17.2 Å². The van der Waals surface area contributed by atoms with E-state index in [0.717, 1.165) is 44.1 Å². The monoisotopic (exact) mass is 368 g/mol. The van der Waals surface area contributed by atoms with Crippen molar-refractivity contribution in [2.75, 3.05) is 19.7 Å². The van der Waals surface area contributed by atoms with Gasteiger partial charge in [-0.15, -0.1) is 0 Å². The second kappa shape index (κ2) is 7.97. The van der Waals surface area contributed by atoms with Gasteiger partial charge in [-0.25, -0.2) is 8.78 Å². The molecule has 0 atom stereocenters. The molecule has 0 radical (unpaired) electrons. The summed E-state index contributed by atoms with van der Waals surface area (Å²) in [6.45, 7) is 2.52. The maximum absolute atomic E-state index is 13.6. The molecule has 1 N–H and O–H groups in total. The van der Waals surface area contributed by atoms with Gasteiger partial charge in [0.05, 0.1) is 11.6 Å². The SMILES string of the molecule is O=c1[nH]cc(Cl)cc1CN1CCC(COc2cc(F)ccc2F)CC1. The second-order valence-corrected chi connectivity index (χ2v) is 6.71. The molecular formula is C18H19ClF2N2O2. The Morgan fingerprint density at radius 1 is 1.24 bits per heavy atom. The quantitative estimate of drug-likeness (QED) is 0.877. The smallest absolute Gasteiger partial charge is 0.252 e. The van der Waals surface area contributed by atoms with Crippen LogP contribution in [0.3, 0.4) is 0 Å². The van der Waals surface area contributed by atoms with Crippen LogP contribution in [0.4, 0.5) is 8.78 Å². The van der Waals surface area contributed by atoms with Crippen LogP contribution < -0.4 is 10.3 Å². The topological polar surface area (TPSA) is 45.3 Å². The Hall–Kier alpha value is -1.92. The number of nitrogens with zero attached hydrogens (tertiary/aromatic N) is 1. The number of aromatic nitrogens is 1. The van der Waals surface area contributed by atoms with Gasteiger partial charge >= 0.3 is 0 Å². The predicted octanol–water partition coefficient (Wildman–Crippen LogP) is 3.60. The average molecular weight is 369 g/mol. The van der Waals surface area contributed by atoms with Crippen LogP contribution in [0.5, 0.6) is 5.75 Å². The van der Waals surface area contributed by atoms with E-state index in [1.54, 1.807) is 6.07 Å². The molecular weight excluding hydrogens is 350 g/mol. The molecule has 25 heavy (non-hydrogen) atoms. The Morgan fingerprint density at radius 2 is 2.00 bits per heavy atom. The lowest BCUT2D eigenvalue weighted by Gasteiger charge is -2.31. The van der Waals surface area contributed by atoms with Crippen molar-refractivity contribution in [3.8, 4) is 5.75 Å². The van der Waals surface area contributed by atoms with Gasteiger partial charge in [0.1, 0.15) is 5.82 Å². The van der Waals surface area contributed by atoms with Gasteiger partial charge in [0.15, 0.2) is 11.6 Å². The van der Waals surface area contributed by atoms with Crippen LogP contribution in [0, 0.1) is 17.6 Å². The zero-order valence-electron chi connectivity index (χ0n) is 13.6. The van der Waals surface area contributed by atoms with Gasteiger partial charge in [0.2, 0.25) is 0 Å². The van der Waals surface area contributed by atoms with Crippen molar-refractivity contribution >= 4 is 11.6 Å². The Bertz CT molecular complexity index is 789. The fourth-order valence-corrected chi connectivity index (χ4v) is 3.15. The van der Waals surface area contributed by atoms with Crippen LogP contribution >= 0.6 is 11.6 Å². The van der Waals surface area contributed by atoms with Crippen molar-refractivity contribution in [1.82, 2.24) is 9.88 Å². The molecule has 1 aliphatic heterocycles. The molecule has 0 unspecified atom stereocenters. The van der Waals surface area contributed by atoms with E-state index < -0.39 is 11.6 Å². The molecule has 0 aliphatic carbocycles. The summed E-state index contributed by atoms with van der Waals surface area (Å²) in [7, 11) is 0. The highest BCUT2D eigenvalue weighted by Gasteiger charge is 2.21. The molecule has 2 aromatic rings. The highest BCUT2D eigenvalue weighted by atomic mass is 35.5. The minimum atomic E-state index is -0.556. The van der Waals surface area contributed by atoms with Crippen molar-refractivity contribution in [2.45, 2.75) is 19.4 Å². The number of hydrogen-bond donors (Lipinski definition) is 1. The Kier molecular flexibility index (Phi) is 5.71. The number of halogens is 3. The van der Waals surface area contributed by atoms with E-state index in [4.69, 9.17) is 16.3 Å². The third-order valence-corrected chi connectivity index (χ3v) is 4.63. The summed E-state index contributed by atoms with van der Waals surface area (Å²) >= 11 is 5.92. The molecule has 7 heteroatoms. The molecule has 134 valence electrons. The molecule has 0 spiro atoms. The Balaban J connectivity index is 1.49. The summed E-state index contributed by atoms with van der Waals surface area (Å²) in [4.78, 5) is 16.6. The third-order valence-electron chi connectivity index (χ3n) is 4.41. The number of rotatable bonds is 5. The van der Waals surface area contributed by atoms with Crippen molar-refractivity contribution in [3.05, 3.63) is 63.0 Å². The lowest BCUT2D eigenvalue weighted by Crippen LogP contribution is -2.36. The number of pyridine rings is 1. The number of likely N-dealkylation sites (tertiary alicyclic amines) is 1. The molecule has 0 saturated carbocycles. The molecule has 3 rings (SSSR count). The van der Waals surface area contributed by atoms with E-state index >= 15 is 0 Å². The number of benzene rings is 1. The molecule has 1 fully saturated rings. The first-order valence-electron chi connectivity index (χ1n) is 8.18. The molecule has 0 amide bonds. The van der Waals surface area contributed by atoms with Crippen LogP contribution in [-0.2, 0) is 6.54 Å². The summed E-state index contributed by atoms with van der Waals surface area (Å²) in [5.74, 6) is -0.846. The number of ether oxygens (including phenoxy) is 1. The molecule has 1 aliphatic rings. The summed E-state index contributed by atoms with van der Waals surface area (Å²) in [5.41, 5.74) is 0.514. The predicted molar refractivity (Wildman–Crippen MR) is 91.9 cm³/mol. The summed E-state index contributed by atoms with van der Waals surface area (Å²) in [6, 6.07) is 4.88. The maximum atomic E-state index is 13.6. The molecule has 1 aromatic heterocycles. The summed E-state index contributed by atoms with van der Waals surface area (Å²) in [6.07, 6.45) is 3.22. The van der Waals surface area contributed by atoms with E-state index in [9.17, 15) is 13.6 Å². The van der Waals surface area contributed by atoms with E-state index in [1.807, 2.05) is 0 Å². The lowest BCUT2D eigenvalue weighted by molar-refractivity contribution is 0.134. The molecule has 1 aromatic carbocycles. The van der Waals surface area contributed by atoms with Crippen molar-refractivity contribution in [2.24, 2.45) is 5.92 Å². The normalized spacial score (nSPS) is 16.1. The molecule has 1 saturated heterocycles. The highest BCUT2D eigenvalue weighted by molar-refractivity contribution is 6.30. The van der Waals surface area contributed by atoms with Gasteiger partial charge in [-0.3, -0.25) is 9.69 Å². The largest absolute Gasteiger partial charge is 0.490 e. The number of H-pyrrole nitrogens is 1. The molecule has 0 bridgehead atoms. The Morgan fingerprint density at radius 3 is 2.76 bits per heavy atom. The minimum absolute atomic E-state index is 0.0482. The molecule has 4 nitrogen and oxygen atoms in total. The van der Waals surface area contributed by atoms with Crippen molar-refractivity contribution in [1.29, 1.82) is 0 Å². The van der Waals surface area contributed by atoms with Crippen molar-refractivity contribution in [3.63, 3.8) is 0 Å². The zero-order chi connectivity index (χ0) is 17.8. The van der Waals surface area contributed by atoms with Gasteiger partial charge in [-0.05, 0) is 50.0 Å². The van der Waals surface area contributed by atoms with Crippen molar-refractivity contribution < 1.29 is 13.5 Å². The maximum Gasteiger partial charge on any atom is 0.252 e. The Labute approximate surface area is 149 Å². The first-order chi connectivity index (χ1) is 12.0. The van der Waals surface area contributed by atoms with E-state index in [0.29, 0.717) is 23.7 Å². The average Bonchev–Trinajstić information content (AvgIpc) is 2.60. The first-order valence-corrected chi connectivity index (χ1v) is 8.56. The number of nitrogens with one attached hydrogen (secondary N) is 1. The minimum Gasteiger partial charge on any atom is -0.490 e. The second-order valence-electron chi connectivity index (χ2n) is 6.28. The van der Waals surface area contributed by atoms with Gasteiger partial charge in [-0.1, -0.05) is 11.6 Å². The number of hydrogen-bond acceptors (Lipinski definition) is 3. The highest BCUT2D eigenvalue weighted by Crippen LogP contribution is 2.23. The van der Waals surface area contributed by atoms with E-state index in [2.05, 4.69) is 9.88 Å². The zero-order valence-corrected chi connectivity index (χ0v) is 14.4. The fraction of sp³-hybridized carbons (Fsp3) is 0.389. The van der Waals surface area contributed by atoms with Crippen LogP contribution in [0.15, 0.2) is 35.3 Å². The lowest BCUT2D eigenvalue weighted by atomic mass is 9.97. The van der Waals surface area contributed by atoms with Gasteiger partial charge in [0, 0.05) is 24.4 Å². The summed E-state index contributed by atoms with van der Waals surface area (Å²) < 4.78 is 32.1. The van der Waals surface area contributed by atoms with Crippen LogP contribution in [0.2, 0.25) is 5.02 Å². The number of aromatic amines is 1. The summed E-state index contributed by atoms with van der Waals surface area (Å²) in [5, 5.41) is 0.509. The van der Waals surface area contributed by atoms with Gasteiger partial charge in [-0.2, -0.15) is 0 Å². The standard InChI is InChI=1S/C18H19ClF2N2O2/c19-14-7-13(18(24)22-9-14)10-23-5-3-12(4-6-23)11-25-17-8-15(20)1-2-16(17)21/h1-2,7-9,12H,3-6,10-11H2,(H,22,24). The van der Waals surface area contributed by atoms with Gasteiger partial charge in [0.25, 0.3) is 5.56 Å². The van der Waals surface area contributed by atoms with Gasteiger partial charge < -0.3 is 9.72 Å². The molecule has 2 heterocycles. The first kappa shape index (κ1) is 17.9. The third kappa shape index (κ3) is 4.80.